The van der Waals surface area contributed by atoms with Crippen LogP contribution in [0.15, 0.2) is 0 Å². The number of unbranched alkanes of at least 4 members (excludes halogenated alkanes) is 29. The largest absolute Gasteiger partial charge is 1.00 e. The van der Waals surface area contributed by atoms with Crippen LogP contribution >= 0.6 is 7.26 Å². The molecule has 0 aromatic heterocycles. The molecule has 0 spiro atoms. The predicted molar refractivity (Wildman–Crippen MR) is 174 cm³/mol. The Balaban J connectivity index is 0. The smallest absolute Gasteiger partial charge is 0.0586 e. The molecule has 0 radical (unpaired) electrons. The summed E-state index contributed by atoms with van der Waals surface area (Å²) in [4.78, 5) is 0. The molecule has 0 rings (SSSR count). The molecule has 0 aliphatic carbocycles. The molecule has 0 aliphatic rings. The van der Waals surface area contributed by atoms with E-state index in [4.69, 9.17) is 0 Å². The van der Waals surface area contributed by atoms with Gasteiger partial charge in [0, 0.05) is 27.3 Å². The molecule has 0 atom stereocenters. The zero-order valence-corrected chi connectivity index (χ0v) is 28.4. The SMILES string of the molecule is CCCCCCCCCCCCCCCCCCCCCCCCCCCCCCCC[P+](C)(C)C.[Cl-]. The van der Waals surface area contributed by atoms with E-state index in [1.54, 1.807) is 0 Å². The van der Waals surface area contributed by atoms with Gasteiger partial charge in [-0.2, -0.15) is 0 Å². The minimum absolute atomic E-state index is 0. The van der Waals surface area contributed by atoms with E-state index in [-0.39, 0.29) is 12.4 Å². The van der Waals surface area contributed by atoms with E-state index in [2.05, 4.69) is 26.9 Å². The van der Waals surface area contributed by atoms with Crippen LogP contribution in [0.5, 0.6) is 0 Å². The van der Waals surface area contributed by atoms with Crippen LogP contribution in [0.25, 0.3) is 0 Å². The zero-order valence-electron chi connectivity index (χ0n) is 26.7. The number of rotatable bonds is 31. The maximum Gasteiger partial charge on any atom is 0.0586 e. The summed E-state index contributed by atoms with van der Waals surface area (Å²) < 4.78 is 0. The van der Waals surface area contributed by atoms with Gasteiger partial charge >= 0.3 is 0 Å². The first-order valence-corrected chi connectivity index (χ1v) is 20.7. The Bertz CT molecular complexity index is 389. The summed E-state index contributed by atoms with van der Waals surface area (Å²) in [5.74, 6) is 0. The van der Waals surface area contributed by atoms with Gasteiger partial charge in [0.2, 0.25) is 0 Å². The first-order valence-electron chi connectivity index (χ1n) is 17.4. The summed E-state index contributed by atoms with van der Waals surface area (Å²) in [5, 5.41) is 0. The summed E-state index contributed by atoms with van der Waals surface area (Å²) in [7, 11) is -0.518. The minimum Gasteiger partial charge on any atom is -1.00 e. The van der Waals surface area contributed by atoms with Crippen LogP contribution in [0.4, 0.5) is 0 Å². The molecule has 226 valence electrons. The van der Waals surface area contributed by atoms with Crippen molar-refractivity contribution in [1.29, 1.82) is 0 Å². The summed E-state index contributed by atoms with van der Waals surface area (Å²) >= 11 is 0. The maximum absolute atomic E-state index is 2.48. The molecule has 0 nitrogen and oxygen atoms in total. The molecule has 0 aromatic rings. The molecule has 0 saturated carbocycles. The van der Waals surface area contributed by atoms with Gasteiger partial charge in [-0.25, -0.2) is 0 Å². The standard InChI is InChI=1S/C35H74P.ClH/c1-5-6-7-8-9-10-11-12-13-14-15-16-17-18-19-20-21-22-23-24-25-26-27-28-29-30-31-32-33-34-35-36(2,3)4;/h5-35H2,1-4H3;1H/q+1;/p-1. The lowest BCUT2D eigenvalue weighted by Gasteiger charge is -2.10. The third kappa shape index (κ3) is 38.9. The van der Waals surface area contributed by atoms with Gasteiger partial charge in [0.05, 0.1) is 6.16 Å². The topological polar surface area (TPSA) is 0 Å². The third-order valence-corrected chi connectivity index (χ3v) is 9.84. The van der Waals surface area contributed by atoms with Crippen molar-refractivity contribution in [1.82, 2.24) is 0 Å². The second-order valence-electron chi connectivity index (χ2n) is 13.3. The van der Waals surface area contributed by atoms with Gasteiger partial charge in [-0.15, -0.1) is 0 Å². The molecule has 2 heteroatoms. The number of hydrogen-bond donors (Lipinski definition) is 0. The first kappa shape index (κ1) is 39.9. The van der Waals surface area contributed by atoms with E-state index in [1.807, 2.05) is 0 Å². The molecule has 0 unspecified atom stereocenters. The summed E-state index contributed by atoms with van der Waals surface area (Å²) in [6, 6.07) is 0. The number of hydrogen-bond acceptors (Lipinski definition) is 0. The maximum atomic E-state index is 2.48. The Kier molecular flexibility index (Phi) is 35.5. The minimum atomic E-state index is -0.518. The van der Waals surface area contributed by atoms with Crippen molar-refractivity contribution in [2.75, 3.05) is 26.2 Å². The molecule has 0 N–H and O–H groups in total. The van der Waals surface area contributed by atoms with Crippen molar-refractivity contribution in [2.45, 2.75) is 200 Å². The third-order valence-electron chi connectivity index (χ3n) is 8.18. The van der Waals surface area contributed by atoms with Crippen molar-refractivity contribution in [3.8, 4) is 0 Å². The average Bonchev–Trinajstić information content (AvgIpc) is 2.84. The molecule has 37 heavy (non-hydrogen) atoms. The lowest BCUT2D eigenvalue weighted by Crippen LogP contribution is -3.00. The Morgan fingerprint density at radius 2 is 0.432 bits per heavy atom. The molecule has 0 bridgehead atoms. The van der Waals surface area contributed by atoms with Crippen LogP contribution in [0.1, 0.15) is 200 Å². The number of halogens is 1. The highest BCUT2D eigenvalue weighted by Crippen LogP contribution is 2.47. The van der Waals surface area contributed by atoms with Gasteiger partial charge in [0.25, 0.3) is 0 Å². The molecular weight excluding hydrogens is 487 g/mol. The van der Waals surface area contributed by atoms with Gasteiger partial charge < -0.3 is 12.4 Å². The highest BCUT2D eigenvalue weighted by Gasteiger charge is 2.15. The van der Waals surface area contributed by atoms with Crippen molar-refractivity contribution < 1.29 is 12.4 Å². The van der Waals surface area contributed by atoms with Crippen molar-refractivity contribution in [3.05, 3.63) is 0 Å². The van der Waals surface area contributed by atoms with Crippen LogP contribution in [-0.2, 0) is 0 Å². The van der Waals surface area contributed by atoms with Crippen molar-refractivity contribution in [2.24, 2.45) is 0 Å². The van der Waals surface area contributed by atoms with E-state index < -0.39 is 7.26 Å². The van der Waals surface area contributed by atoms with Crippen molar-refractivity contribution >= 4 is 7.26 Å². The lowest BCUT2D eigenvalue weighted by molar-refractivity contribution is -0.00000828. The normalized spacial score (nSPS) is 11.7. The molecule has 0 saturated heterocycles. The fraction of sp³-hybridized carbons (Fsp3) is 1.00. The monoisotopic (exact) mass is 561 g/mol. The Morgan fingerprint density at radius 1 is 0.270 bits per heavy atom. The average molecular weight is 561 g/mol. The zero-order chi connectivity index (χ0) is 26.4. The van der Waals surface area contributed by atoms with Crippen LogP contribution < -0.4 is 12.4 Å². The molecule has 0 aromatic carbocycles. The van der Waals surface area contributed by atoms with E-state index in [9.17, 15) is 0 Å². The van der Waals surface area contributed by atoms with E-state index in [0.717, 1.165) is 0 Å². The fourth-order valence-electron chi connectivity index (χ4n) is 5.61. The van der Waals surface area contributed by atoms with Crippen LogP contribution in [0.2, 0.25) is 0 Å². The second-order valence-corrected chi connectivity index (χ2v) is 18.3. The van der Waals surface area contributed by atoms with Gasteiger partial charge in [-0.1, -0.05) is 187 Å². The summed E-state index contributed by atoms with van der Waals surface area (Å²) in [6.07, 6.45) is 46.1. The quantitative estimate of drug-likeness (QED) is 0.0584. The molecule has 0 fully saturated rings. The molecular formula is C35H74ClP. The fourth-order valence-corrected chi connectivity index (χ4v) is 6.78. The van der Waals surface area contributed by atoms with Crippen LogP contribution in [0, 0.1) is 0 Å². The van der Waals surface area contributed by atoms with Gasteiger partial charge in [-0.05, 0) is 12.8 Å². The Hall–Kier alpha value is 0.720. The highest BCUT2D eigenvalue weighted by atomic mass is 35.5. The van der Waals surface area contributed by atoms with E-state index in [0.29, 0.717) is 0 Å². The van der Waals surface area contributed by atoms with E-state index in [1.165, 1.54) is 199 Å². The Labute approximate surface area is 244 Å². The second kappa shape index (κ2) is 32.9. The predicted octanol–water partition coefficient (Wildman–Crippen LogP) is 10.6. The molecule has 0 amide bonds. The highest BCUT2D eigenvalue weighted by molar-refractivity contribution is 7.73. The van der Waals surface area contributed by atoms with Gasteiger partial charge in [0.15, 0.2) is 0 Å². The van der Waals surface area contributed by atoms with Gasteiger partial charge in [-0.3, -0.25) is 0 Å². The van der Waals surface area contributed by atoms with Crippen LogP contribution in [-0.4, -0.2) is 26.2 Å². The first-order chi connectivity index (χ1) is 17.6. The van der Waals surface area contributed by atoms with Crippen LogP contribution in [0.3, 0.4) is 0 Å². The lowest BCUT2D eigenvalue weighted by atomic mass is 10.0. The van der Waals surface area contributed by atoms with Gasteiger partial charge in [0.1, 0.15) is 0 Å². The Morgan fingerprint density at radius 3 is 0.595 bits per heavy atom. The summed E-state index contributed by atoms with van der Waals surface area (Å²) in [5.41, 5.74) is 0. The molecule has 0 heterocycles. The summed E-state index contributed by atoms with van der Waals surface area (Å²) in [6.45, 7) is 9.75. The van der Waals surface area contributed by atoms with E-state index >= 15 is 0 Å². The molecule has 0 aliphatic heterocycles. The van der Waals surface area contributed by atoms with Crippen molar-refractivity contribution in [3.63, 3.8) is 0 Å².